The lowest BCUT2D eigenvalue weighted by molar-refractivity contribution is -0.137. The highest BCUT2D eigenvalue weighted by molar-refractivity contribution is 7.84. The second-order valence-corrected chi connectivity index (χ2v) is 3.35. The van der Waals surface area contributed by atoms with Gasteiger partial charge in [0.2, 0.25) is 0 Å². The maximum Gasteiger partial charge on any atom is 0.382 e. The van der Waals surface area contributed by atoms with E-state index in [9.17, 15) is 18.0 Å². The van der Waals surface area contributed by atoms with Crippen molar-refractivity contribution < 1.29 is 27.3 Å². The van der Waals surface area contributed by atoms with Gasteiger partial charge in [-0.3, -0.25) is 9.59 Å². The second-order valence-electron chi connectivity index (χ2n) is 2.20. The van der Waals surface area contributed by atoms with Gasteiger partial charge in [-0.15, -0.1) is 0 Å². The molecule has 6 N–H and O–H groups in total. The van der Waals surface area contributed by atoms with Crippen LogP contribution in [0.3, 0.4) is 0 Å². The van der Waals surface area contributed by atoms with Crippen molar-refractivity contribution in [1.82, 2.24) is 6.15 Å². The smallest absolute Gasteiger partial charge is 0.382 e. The van der Waals surface area contributed by atoms with E-state index in [0.717, 1.165) is 0 Å². The van der Waals surface area contributed by atoms with Gasteiger partial charge in [0, 0.05) is 12.8 Å². The molecule has 0 aromatic heterocycles. The number of carbonyl (C=O) groups excluding carboxylic acids is 1. The number of carboxylic acids is 1. The van der Waals surface area contributed by atoms with Gasteiger partial charge in [0.15, 0.2) is 0 Å². The van der Waals surface area contributed by atoms with Crippen LogP contribution in [0.4, 0.5) is 0 Å². The zero-order valence-corrected chi connectivity index (χ0v) is 8.12. The molecule has 0 aliphatic carbocycles. The Morgan fingerprint density at radius 3 is 2.14 bits per heavy atom. The first-order valence-electron chi connectivity index (χ1n) is 3.28. The molecule has 0 radical (unpaired) electrons. The van der Waals surface area contributed by atoms with Crippen LogP contribution < -0.4 is 11.3 Å². The molecule has 0 aromatic rings. The molecule has 0 saturated carbocycles. The average Bonchev–Trinajstić information content (AvgIpc) is 1.81. The summed E-state index contributed by atoms with van der Waals surface area (Å²) in [5, 5.41) is 12.5. The zero-order valence-electron chi connectivity index (χ0n) is 7.30. The summed E-state index contributed by atoms with van der Waals surface area (Å²) in [5.41, 5.74) is 0. The van der Waals surface area contributed by atoms with Gasteiger partial charge in [-0.2, -0.15) is 13.6 Å². The fraction of sp³-hybridized carbons (Fsp3) is 0.600. The molecule has 0 aliphatic heterocycles. The normalized spacial score (nSPS) is 10.1. The third-order valence-corrected chi connectivity index (χ3v) is 1.40. The minimum absolute atomic E-state index is 0. The Labute approximate surface area is 80.9 Å². The summed E-state index contributed by atoms with van der Waals surface area (Å²) in [7, 11) is -4.27. The van der Waals surface area contributed by atoms with Gasteiger partial charge in [0.05, 0.1) is 0 Å². The summed E-state index contributed by atoms with van der Waals surface area (Å²) >= 11 is 0. The van der Waals surface area contributed by atoms with Crippen LogP contribution in [-0.4, -0.2) is 25.5 Å². The molecule has 0 heterocycles. The van der Waals surface area contributed by atoms with Crippen LogP contribution in [0.2, 0.25) is 0 Å². The van der Waals surface area contributed by atoms with Crippen LogP contribution in [-0.2, 0) is 24.1 Å². The summed E-state index contributed by atoms with van der Waals surface area (Å²) in [6, 6.07) is 0. The highest BCUT2D eigenvalue weighted by Crippen LogP contribution is 1.98. The Morgan fingerprint density at radius 1 is 1.29 bits per heavy atom. The van der Waals surface area contributed by atoms with Gasteiger partial charge in [0.25, 0.3) is 0 Å². The molecule has 0 fully saturated rings. The summed E-state index contributed by atoms with van der Waals surface area (Å²) in [6.07, 6.45) is -0.494. The van der Waals surface area contributed by atoms with Crippen molar-refractivity contribution in [2.75, 3.05) is 0 Å². The topological polar surface area (TPSA) is 159 Å². The van der Waals surface area contributed by atoms with E-state index in [1.807, 2.05) is 0 Å². The number of hydrogen-bond acceptors (Lipinski definition) is 6. The van der Waals surface area contributed by atoms with E-state index < -0.39 is 22.2 Å². The predicted octanol–water partition coefficient (Wildman–Crippen LogP) is -0.850. The molecule has 9 heteroatoms. The minimum atomic E-state index is -4.27. The number of hydrogen-bond donors (Lipinski definition) is 3. The Hall–Kier alpha value is -1.19. The first kappa shape index (κ1) is 15.3. The van der Waals surface area contributed by atoms with Crippen LogP contribution in [0.1, 0.15) is 19.3 Å². The summed E-state index contributed by atoms with van der Waals surface area (Å²) < 4.78 is 24.1. The quantitative estimate of drug-likeness (QED) is 0.552. The van der Waals surface area contributed by atoms with E-state index in [4.69, 9.17) is 5.11 Å². The number of carboxylic acid groups (broad SMARTS) is 1. The van der Waals surface area contributed by atoms with Crippen molar-refractivity contribution in [3.63, 3.8) is 0 Å². The molecule has 8 nitrogen and oxygen atoms in total. The summed E-state index contributed by atoms with van der Waals surface area (Å²) in [4.78, 5) is 20.5. The molecule has 14 heavy (non-hydrogen) atoms. The molecular weight excluding hydrogens is 216 g/mol. The maximum atomic E-state index is 10.6. The van der Waals surface area contributed by atoms with Gasteiger partial charge in [-0.1, -0.05) is 0 Å². The molecule has 0 rings (SSSR count). The fourth-order valence-corrected chi connectivity index (χ4v) is 0.898. The summed E-state index contributed by atoms with van der Waals surface area (Å²) in [6.45, 7) is 0. The Bertz CT molecular complexity index is 297. The van der Waals surface area contributed by atoms with Crippen LogP contribution in [0.15, 0.2) is 0 Å². The van der Waals surface area contributed by atoms with Crippen LogP contribution in [0.5, 0.6) is 0 Å². The monoisotopic (exact) mass is 228 g/mol. The van der Waals surface area contributed by atoms with Gasteiger partial charge in [-0.25, -0.2) is 0 Å². The van der Waals surface area contributed by atoms with Crippen LogP contribution >= 0.6 is 0 Å². The van der Waals surface area contributed by atoms with Crippen molar-refractivity contribution in [1.29, 1.82) is 0 Å². The third-order valence-electron chi connectivity index (χ3n) is 0.981. The Morgan fingerprint density at radius 2 is 1.79 bits per heavy atom. The largest absolute Gasteiger partial charge is 0.481 e. The summed E-state index contributed by atoms with van der Waals surface area (Å²) in [5.74, 6) is -2.12. The maximum absolute atomic E-state index is 10.6. The SMILES string of the molecule is N.NS(=O)(=O)OC(=O)CCCC(=O)O. The van der Waals surface area contributed by atoms with Gasteiger partial charge in [-0.05, 0) is 6.42 Å². The number of rotatable bonds is 5. The van der Waals surface area contributed by atoms with Crippen LogP contribution in [0, 0.1) is 0 Å². The Kier molecular flexibility index (Phi) is 6.87. The van der Waals surface area contributed by atoms with Gasteiger partial charge >= 0.3 is 22.2 Å². The molecule has 0 spiro atoms. The standard InChI is InChI=1S/C5H9NO6S.H3N/c6-13(10,11)12-5(9)3-1-2-4(7)8;/h1-3H2,(H,7,8)(H2,6,10,11);1H3. The predicted molar refractivity (Wildman–Crippen MR) is 45.7 cm³/mol. The van der Waals surface area contributed by atoms with Crippen LogP contribution in [0.25, 0.3) is 0 Å². The molecule has 0 aromatic carbocycles. The van der Waals surface area contributed by atoms with E-state index >= 15 is 0 Å². The number of aliphatic carboxylic acids is 1. The highest BCUT2D eigenvalue weighted by atomic mass is 32.2. The molecule has 0 unspecified atom stereocenters. The van der Waals surface area contributed by atoms with E-state index in [0.29, 0.717) is 0 Å². The average molecular weight is 228 g/mol. The lowest BCUT2D eigenvalue weighted by Crippen LogP contribution is -2.20. The lowest BCUT2D eigenvalue weighted by atomic mass is 10.2. The first-order chi connectivity index (χ1) is 5.81. The van der Waals surface area contributed by atoms with Crippen molar-refractivity contribution in [3.05, 3.63) is 0 Å². The number of nitrogens with two attached hydrogens (primary N) is 1. The zero-order chi connectivity index (χ0) is 10.5. The molecule has 0 saturated heterocycles. The van der Waals surface area contributed by atoms with Gasteiger partial charge in [0.1, 0.15) is 0 Å². The molecule has 0 atom stereocenters. The van der Waals surface area contributed by atoms with E-state index in [1.54, 1.807) is 0 Å². The van der Waals surface area contributed by atoms with Crippen molar-refractivity contribution in [2.24, 2.45) is 5.14 Å². The Balaban J connectivity index is 0. The molecular formula is C5H12N2O6S. The molecule has 0 bridgehead atoms. The molecule has 0 aliphatic rings. The van der Waals surface area contributed by atoms with Crippen molar-refractivity contribution in [2.45, 2.75) is 19.3 Å². The van der Waals surface area contributed by atoms with E-state index in [1.165, 1.54) is 0 Å². The van der Waals surface area contributed by atoms with E-state index in [2.05, 4.69) is 9.32 Å². The lowest BCUT2D eigenvalue weighted by Gasteiger charge is -1.98. The molecule has 84 valence electrons. The minimum Gasteiger partial charge on any atom is -0.481 e. The third kappa shape index (κ3) is 10.8. The van der Waals surface area contributed by atoms with Gasteiger partial charge < -0.3 is 15.4 Å². The van der Waals surface area contributed by atoms with Crippen molar-refractivity contribution in [3.8, 4) is 0 Å². The first-order valence-corrected chi connectivity index (χ1v) is 4.75. The van der Waals surface area contributed by atoms with E-state index in [-0.39, 0.29) is 25.4 Å². The van der Waals surface area contributed by atoms with Crippen molar-refractivity contribution >= 4 is 22.2 Å². The number of carbonyl (C=O) groups is 2. The molecule has 0 amide bonds. The second kappa shape index (κ2) is 6.29. The highest BCUT2D eigenvalue weighted by Gasteiger charge is 2.11. The fourth-order valence-electron chi connectivity index (χ4n) is 0.555.